The van der Waals surface area contributed by atoms with E-state index >= 15 is 0 Å². The van der Waals surface area contributed by atoms with Gasteiger partial charge in [0.25, 0.3) is 0 Å². The van der Waals surface area contributed by atoms with Crippen molar-refractivity contribution in [3.8, 4) is 0 Å². The molecule has 0 aliphatic carbocycles. The molecule has 0 saturated heterocycles. The maximum Gasteiger partial charge on any atom is 0.320 e. The SMILES string of the molecule is FC(F)n1c(CSc2nc(Cc3cccs3)nn2Cc2nc3ccccc3n2C(F)F)nc2ccccc21. The molecule has 4 heterocycles. The number of benzene rings is 2. The third kappa shape index (κ3) is 4.67. The lowest BCUT2D eigenvalue weighted by Crippen LogP contribution is -2.12. The first-order valence-corrected chi connectivity index (χ1v) is 13.4. The molecule has 13 heteroatoms. The number of hydrogen-bond acceptors (Lipinski definition) is 6. The van der Waals surface area contributed by atoms with Crippen molar-refractivity contribution in [3.05, 3.63) is 88.4 Å². The first-order chi connectivity index (χ1) is 18.5. The number of thioether (sulfide) groups is 1. The van der Waals surface area contributed by atoms with Crippen LogP contribution in [0.4, 0.5) is 17.6 Å². The average Bonchev–Trinajstić information content (AvgIpc) is 3.67. The van der Waals surface area contributed by atoms with Crippen LogP contribution in [-0.2, 0) is 18.7 Å². The number of thiophene rings is 1. The summed E-state index contributed by atoms with van der Waals surface area (Å²) >= 11 is 2.73. The van der Waals surface area contributed by atoms with E-state index in [1.54, 1.807) is 59.9 Å². The van der Waals surface area contributed by atoms with E-state index in [0.29, 0.717) is 39.5 Å². The lowest BCUT2D eigenvalue weighted by Gasteiger charge is -2.10. The summed E-state index contributed by atoms with van der Waals surface area (Å²) in [6, 6.07) is 17.3. The van der Waals surface area contributed by atoms with E-state index in [0.717, 1.165) is 14.0 Å². The summed E-state index contributed by atoms with van der Waals surface area (Å²) in [5.74, 6) is 0.884. The molecule has 0 aliphatic heterocycles. The maximum absolute atomic E-state index is 14.0. The topological polar surface area (TPSA) is 66.3 Å². The molecule has 194 valence electrons. The summed E-state index contributed by atoms with van der Waals surface area (Å²) in [5, 5.41) is 6.93. The number of aromatic nitrogens is 7. The number of hydrogen-bond donors (Lipinski definition) is 0. The van der Waals surface area contributed by atoms with Crippen molar-refractivity contribution in [2.24, 2.45) is 0 Å². The maximum atomic E-state index is 14.0. The monoisotopic (exact) mass is 557 g/mol. The molecule has 4 aromatic heterocycles. The minimum atomic E-state index is -2.80. The highest BCUT2D eigenvalue weighted by molar-refractivity contribution is 7.98. The second kappa shape index (κ2) is 10.2. The molecule has 0 atom stereocenters. The molecule has 0 unspecified atom stereocenters. The number of imidazole rings is 2. The quantitative estimate of drug-likeness (QED) is 0.145. The van der Waals surface area contributed by atoms with Crippen LogP contribution in [0, 0.1) is 0 Å². The first kappa shape index (κ1) is 24.6. The van der Waals surface area contributed by atoms with Gasteiger partial charge in [-0.1, -0.05) is 42.1 Å². The molecule has 0 saturated carbocycles. The molecular formula is C25H19F4N7S2. The molecule has 0 aliphatic rings. The Hall–Kier alpha value is -3.71. The summed E-state index contributed by atoms with van der Waals surface area (Å²) in [4.78, 5) is 14.5. The van der Waals surface area contributed by atoms with E-state index in [2.05, 4.69) is 20.1 Å². The van der Waals surface area contributed by atoms with Crippen LogP contribution in [-0.4, -0.2) is 33.9 Å². The summed E-state index contributed by atoms with van der Waals surface area (Å²) < 4.78 is 59.2. The molecule has 2 aromatic carbocycles. The van der Waals surface area contributed by atoms with Crippen molar-refractivity contribution in [2.45, 2.75) is 37.0 Å². The number of rotatable bonds is 9. The normalized spacial score (nSPS) is 12.1. The molecule has 0 spiro atoms. The lowest BCUT2D eigenvalue weighted by atomic mass is 10.3. The zero-order valence-electron chi connectivity index (χ0n) is 19.6. The van der Waals surface area contributed by atoms with Gasteiger partial charge in [-0.3, -0.25) is 9.13 Å². The van der Waals surface area contributed by atoms with Crippen molar-refractivity contribution in [1.29, 1.82) is 0 Å². The predicted molar refractivity (Wildman–Crippen MR) is 138 cm³/mol. The summed E-state index contributed by atoms with van der Waals surface area (Å²) in [5.41, 5.74) is 1.57. The second-order valence-corrected chi connectivity index (χ2v) is 10.3. The van der Waals surface area contributed by atoms with Gasteiger partial charge in [0.2, 0.25) is 0 Å². The molecule has 6 aromatic rings. The van der Waals surface area contributed by atoms with Crippen LogP contribution in [0.2, 0.25) is 0 Å². The van der Waals surface area contributed by atoms with Gasteiger partial charge in [-0.15, -0.1) is 11.3 Å². The smallest absolute Gasteiger partial charge is 0.269 e. The lowest BCUT2D eigenvalue weighted by molar-refractivity contribution is 0.0707. The molecule has 0 radical (unpaired) electrons. The van der Waals surface area contributed by atoms with Gasteiger partial charge in [-0.05, 0) is 35.7 Å². The van der Waals surface area contributed by atoms with Gasteiger partial charge in [0, 0.05) is 11.3 Å². The van der Waals surface area contributed by atoms with Crippen LogP contribution >= 0.6 is 23.1 Å². The first-order valence-electron chi connectivity index (χ1n) is 11.5. The van der Waals surface area contributed by atoms with Gasteiger partial charge >= 0.3 is 13.1 Å². The molecule has 0 amide bonds. The van der Waals surface area contributed by atoms with E-state index in [1.165, 1.54) is 16.4 Å². The van der Waals surface area contributed by atoms with Crippen molar-refractivity contribution < 1.29 is 17.6 Å². The van der Waals surface area contributed by atoms with Crippen molar-refractivity contribution in [3.63, 3.8) is 0 Å². The van der Waals surface area contributed by atoms with Crippen LogP contribution in [0.3, 0.4) is 0 Å². The van der Waals surface area contributed by atoms with Crippen LogP contribution < -0.4 is 0 Å². The van der Waals surface area contributed by atoms with Crippen molar-refractivity contribution >= 4 is 45.2 Å². The Balaban J connectivity index is 1.36. The Morgan fingerprint density at radius 1 is 0.763 bits per heavy atom. The fourth-order valence-corrected chi connectivity index (χ4v) is 5.91. The highest BCUT2D eigenvalue weighted by Gasteiger charge is 2.22. The Bertz CT molecular complexity index is 1710. The second-order valence-electron chi connectivity index (χ2n) is 8.34. The highest BCUT2D eigenvalue weighted by Crippen LogP contribution is 2.30. The van der Waals surface area contributed by atoms with Gasteiger partial charge < -0.3 is 0 Å². The van der Waals surface area contributed by atoms with Gasteiger partial charge in [0.05, 0.1) is 27.8 Å². The van der Waals surface area contributed by atoms with Crippen LogP contribution in [0.1, 0.15) is 35.4 Å². The third-order valence-corrected chi connectivity index (χ3v) is 7.78. The summed E-state index contributed by atoms with van der Waals surface area (Å²) in [6.45, 7) is -5.63. The number of halogens is 4. The van der Waals surface area contributed by atoms with Gasteiger partial charge in [-0.25, -0.2) is 19.6 Å². The zero-order valence-corrected chi connectivity index (χ0v) is 21.2. The van der Waals surface area contributed by atoms with E-state index in [9.17, 15) is 17.6 Å². The van der Waals surface area contributed by atoms with E-state index < -0.39 is 13.1 Å². The predicted octanol–water partition coefficient (Wildman–Crippen LogP) is 6.76. The number of nitrogens with zero attached hydrogens (tertiary/aromatic N) is 7. The van der Waals surface area contributed by atoms with Crippen LogP contribution in [0.5, 0.6) is 0 Å². The fourth-order valence-electron chi connectivity index (χ4n) is 4.33. The molecular weight excluding hydrogens is 538 g/mol. The number of fused-ring (bicyclic) bond motifs is 2. The molecule has 0 N–H and O–H groups in total. The van der Waals surface area contributed by atoms with Crippen molar-refractivity contribution in [1.82, 2.24) is 33.9 Å². The zero-order chi connectivity index (χ0) is 26.2. The molecule has 0 bridgehead atoms. The number of alkyl halides is 4. The fraction of sp³-hybridized carbons (Fsp3) is 0.200. The third-order valence-electron chi connectivity index (χ3n) is 5.94. The van der Waals surface area contributed by atoms with Crippen LogP contribution in [0.25, 0.3) is 22.1 Å². The van der Waals surface area contributed by atoms with E-state index in [-0.39, 0.29) is 23.9 Å². The van der Waals surface area contributed by atoms with Gasteiger partial charge in [-0.2, -0.15) is 22.7 Å². The van der Waals surface area contributed by atoms with E-state index in [1.807, 2.05) is 17.5 Å². The molecule has 0 fully saturated rings. The standard InChI is InChI=1S/C25H19F4N7S2/c26-23(27)35-18-9-3-1-7-16(18)30-21(35)13-34-25(32-20(33-34)12-15-6-5-11-37-15)38-14-22-31-17-8-2-4-10-19(17)36(22)24(28)29/h1-11,23-24H,12-14H2. The molecule has 38 heavy (non-hydrogen) atoms. The highest BCUT2D eigenvalue weighted by atomic mass is 32.2. The Morgan fingerprint density at radius 2 is 1.39 bits per heavy atom. The van der Waals surface area contributed by atoms with Crippen LogP contribution in [0.15, 0.2) is 71.2 Å². The minimum absolute atomic E-state index is 0.0654. The Morgan fingerprint density at radius 3 is 2.03 bits per heavy atom. The largest absolute Gasteiger partial charge is 0.320 e. The van der Waals surface area contributed by atoms with Gasteiger partial charge in [0.1, 0.15) is 18.2 Å². The van der Waals surface area contributed by atoms with E-state index in [4.69, 9.17) is 0 Å². The number of para-hydroxylation sites is 4. The summed E-state index contributed by atoms with van der Waals surface area (Å²) in [7, 11) is 0. The molecule has 7 nitrogen and oxygen atoms in total. The summed E-state index contributed by atoms with van der Waals surface area (Å²) in [6.07, 6.45) is 0.457. The van der Waals surface area contributed by atoms with Gasteiger partial charge in [0.15, 0.2) is 11.0 Å². The Labute approximate surface area is 221 Å². The molecule has 6 rings (SSSR count). The Kier molecular flexibility index (Phi) is 6.62. The van der Waals surface area contributed by atoms with Crippen molar-refractivity contribution in [2.75, 3.05) is 0 Å². The minimum Gasteiger partial charge on any atom is -0.269 e. The average molecular weight is 558 g/mol.